The maximum absolute atomic E-state index is 12.4. The Labute approximate surface area is 101 Å². The minimum atomic E-state index is -4.14. The predicted molar refractivity (Wildman–Crippen MR) is 62.6 cm³/mol. The molecule has 2 N–H and O–H groups in total. The number of likely N-dealkylation sites (N-methyl/N-ethyl adjacent to an activating group) is 1. The highest BCUT2D eigenvalue weighted by molar-refractivity contribution is 4.89. The maximum atomic E-state index is 12.4. The van der Waals surface area contributed by atoms with Crippen molar-refractivity contribution >= 4 is 0 Å². The Bertz CT molecular complexity index is 240. The zero-order chi connectivity index (χ0) is 13.2. The van der Waals surface area contributed by atoms with E-state index in [1.54, 1.807) is 0 Å². The van der Waals surface area contributed by atoms with Gasteiger partial charge in [0.2, 0.25) is 0 Å². The van der Waals surface area contributed by atoms with Gasteiger partial charge in [-0.15, -0.1) is 0 Å². The van der Waals surface area contributed by atoms with Crippen molar-refractivity contribution in [3.05, 3.63) is 0 Å². The van der Waals surface area contributed by atoms with Crippen LogP contribution in [0.3, 0.4) is 0 Å². The first-order chi connectivity index (χ1) is 7.70. The normalized spacial score (nSPS) is 31.2. The maximum Gasteiger partial charge on any atom is 0.401 e. The van der Waals surface area contributed by atoms with Gasteiger partial charge in [0.15, 0.2) is 0 Å². The van der Waals surface area contributed by atoms with Gasteiger partial charge in [0, 0.05) is 12.1 Å². The van der Waals surface area contributed by atoms with Crippen molar-refractivity contribution in [1.82, 2.24) is 4.90 Å². The third kappa shape index (κ3) is 4.47. The Hall–Kier alpha value is -0.290. The van der Waals surface area contributed by atoms with E-state index in [9.17, 15) is 13.2 Å². The van der Waals surface area contributed by atoms with Crippen LogP contribution in [-0.2, 0) is 0 Å². The molecule has 0 bridgehead atoms. The largest absolute Gasteiger partial charge is 0.401 e. The van der Waals surface area contributed by atoms with Crippen LogP contribution in [-0.4, -0.2) is 36.8 Å². The van der Waals surface area contributed by atoms with Crippen LogP contribution in [0.15, 0.2) is 0 Å². The molecule has 0 amide bonds. The van der Waals surface area contributed by atoms with E-state index in [1.165, 1.54) is 11.9 Å². The van der Waals surface area contributed by atoms with Crippen molar-refractivity contribution < 1.29 is 13.2 Å². The van der Waals surface area contributed by atoms with Crippen molar-refractivity contribution in [2.45, 2.75) is 51.4 Å². The van der Waals surface area contributed by atoms with Gasteiger partial charge < -0.3 is 5.73 Å². The van der Waals surface area contributed by atoms with Crippen LogP contribution in [0.25, 0.3) is 0 Å². The van der Waals surface area contributed by atoms with E-state index in [-0.39, 0.29) is 12.1 Å². The monoisotopic (exact) mass is 252 g/mol. The molecule has 0 aromatic heterocycles. The zero-order valence-corrected chi connectivity index (χ0v) is 10.8. The standard InChI is InChI=1S/C12H23F3N2/c1-8(2)9-4-5-10(16)11(6-9)17(3)7-12(13,14)15/h8-11H,4-7,16H2,1-3H3. The predicted octanol–water partition coefficient (Wildman–Crippen LogP) is 2.63. The van der Waals surface area contributed by atoms with Gasteiger partial charge in [-0.3, -0.25) is 4.90 Å². The van der Waals surface area contributed by atoms with Gasteiger partial charge in [-0.05, 0) is 38.1 Å². The summed E-state index contributed by atoms with van der Waals surface area (Å²) in [7, 11) is 1.53. The second kappa shape index (κ2) is 5.57. The molecule has 0 spiro atoms. The summed E-state index contributed by atoms with van der Waals surface area (Å²) in [6.45, 7) is 3.39. The summed E-state index contributed by atoms with van der Waals surface area (Å²) in [5.41, 5.74) is 5.95. The summed E-state index contributed by atoms with van der Waals surface area (Å²) in [5.74, 6) is 1.01. The first-order valence-corrected chi connectivity index (χ1v) is 6.23. The van der Waals surface area contributed by atoms with E-state index in [0.717, 1.165) is 19.3 Å². The molecule has 0 aromatic carbocycles. The molecule has 1 aliphatic carbocycles. The zero-order valence-electron chi connectivity index (χ0n) is 10.8. The highest BCUT2D eigenvalue weighted by Gasteiger charge is 2.37. The van der Waals surface area contributed by atoms with Crippen LogP contribution in [0.4, 0.5) is 13.2 Å². The third-order valence-corrected chi connectivity index (χ3v) is 3.85. The lowest BCUT2D eigenvalue weighted by molar-refractivity contribution is -0.150. The quantitative estimate of drug-likeness (QED) is 0.836. The Morgan fingerprint density at radius 2 is 1.88 bits per heavy atom. The molecule has 102 valence electrons. The highest BCUT2D eigenvalue weighted by Crippen LogP contribution is 2.32. The smallest absolute Gasteiger partial charge is 0.326 e. The molecule has 1 fully saturated rings. The molecular weight excluding hydrogens is 229 g/mol. The molecule has 0 heterocycles. The SMILES string of the molecule is CC(C)C1CCC(N)C(N(C)CC(F)(F)F)C1. The van der Waals surface area contributed by atoms with Crippen LogP contribution >= 0.6 is 0 Å². The summed E-state index contributed by atoms with van der Waals surface area (Å²) in [4.78, 5) is 1.37. The Morgan fingerprint density at radius 3 is 2.35 bits per heavy atom. The fraction of sp³-hybridized carbons (Fsp3) is 1.00. The van der Waals surface area contributed by atoms with Crippen LogP contribution in [0.2, 0.25) is 0 Å². The topological polar surface area (TPSA) is 29.3 Å². The van der Waals surface area contributed by atoms with Crippen LogP contribution < -0.4 is 5.73 Å². The average Bonchev–Trinajstić information content (AvgIpc) is 2.14. The second-order valence-corrected chi connectivity index (χ2v) is 5.58. The third-order valence-electron chi connectivity index (χ3n) is 3.85. The minimum absolute atomic E-state index is 0.127. The molecule has 2 nitrogen and oxygen atoms in total. The molecule has 0 radical (unpaired) electrons. The van der Waals surface area contributed by atoms with Crippen molar-refractivity contribution in [2.24, 2.45) is 17.6 Å². The molecule has 0 saturated heterocycles. The summed E-state index contributed by atoms with van der Waals surface area (Å²) >= 11 is 0. The first-order valence-electron chi connectivity index (χ1n) is 6.23. The van der Waals surface area contributed by atoms with E-state index in [1.807, 2.05) is 0 Å². The number of nitrogens with two attached hydrogens (primary N) is 1. The molecular formula is C12H23F3N2. The van der Waals surface area contributed by atoms with E-state index < -0.39 is 12.7 Å². The summed E-state index contributed by atoms with van der Waals surface area (Å²) in [6.07, 6.45) is -1.49. The van der Waals surface area contributed by atoms with Gasteiger partial charge >= 0.3 is 6.18 Å². The number of rotatable bonds is 3. The lowest BCUT2D eigenvalue weighted by Gasteiger charge is -2.41. The van der Waals surface area contributed by atoms with Crippen molar-refractivity contribution in [3.8, 4) is 0 Å². The van der Waals surface area contributed by atoms with Crippen molar-refractivity contribution in [2.75, 3.05) is 13.6 Å². The number of nitrogens with zero attached hydrogens (tertiary/aromatic N) is 1. The Morgan fingerprint density at radius 1 is 1.29 bits per heavy atom. The van der Waals surface area contributed by atoms with E-state index >= 15 is 0 Å². The van der Waals surface area contributed by atoms with Crippen molar-refractivity contribution in [3.63, 3.8) is 0 Å². The minimum Gasteiger partial charge on any atom is -0.326 e. The average molecular weight is 252 g/mol. The Balaban J connectivity index is 2.60. The fourth-order valence-corrected chi connectivity index (χ4v) is 2.71. The van der Waals surface area contributed by atoms with Crippen molar-refractivity contribution in [1.29, 1.82) is 0 Å². The van der Waals surface area contributed by atoms with E-state index in [2.05, 4.69) is 13.8 Å². The van der Waals surface area contributed by atoms with Crippen LogP contribution in [0.5, 0.6) is 0 Å². The molecule has 5 heteroatoms. The number of hydrogen-bond acceptors (Lipinski definition) is 2. The molecule has 0 aliphatic heterocycles. The number of halogens is 3. The molecule has 17 heavy (non-hydrogen) atoms. The molecule has 1 rings (SSSR count). The molecule has 1 aliphatic rings. The van der Waals surface area contributed by atoms with Crippen LogP contribution in [0, 0.1) is 11.8 Å². The van der Waals surface area contributed by atoms with Gasteiger partial charge in [0.25, 0.3) is 0 Å². The first kappa shape index (κ1) is 14.8. The van der Waals surface area contributed by atoms with Gasteiger partial charge in [0.1, 0.15) is 0 Å². The fourth-order valence-electron chi connectivity index (χ4n) is 2.71. The van der Waals surface area contributed by atoms with Gasteiger partial charge in [-0.1, -0.05) is 13.8 Å². The second-order valence-electron chi connectivity index (χ2n) is 5.58. The number of alkyl halides is 3. The molecule has 1 saturated carbocycles. The molecule has 3 atom stereocenters. The number of hydrogen-bond donors (Lipinski definition) is 1. The lowest BCUT2D eigenvalue weighted by atomic mass is 9.77. The van der Waals surface area contributed by atoms with Gasteiger partial charge in [0.05, 0.1) is 6.54 Å². The molecule has 3 unspecified atom stereocenters. The van der Waals surface area contributed by atoms with Crippen LogP contribution in [0.1, 0.15) is 33.1 Å². The highest BCUT2D eigenvalue weighted by atomic mass is 19.4. The summed E-state index contributed by atoms with van der Waals surface area (Å²) < 4.78 is 37.1. The summed E-state index contributed by atoms with van der Waals surface area (Å²) in [6, 6.07) is -0.268. The Kier molecular flexibility index (Phi) is 4.84. The summed E-state index contributed by atoms with van der Waals surface area (Å²) in [5, 5.41) is 0. The lowest BCUT2D eigenvalue weighted by Crippen LogP contribution is -2.52. The van der Waals surface area contributed by atoms with Gasteiger partial charge in [-0.25, -0.2) is 0 Å². The van der Waals surface area contributed by atoms with E-state index in [4.69, 9.17) is 5.73 Å². The van der Waals surface area contributed by atoms with Gasteiger partial charge in [-0.2, -0.15) is 13.2 Å². The van der Waals surface area contributed by atoms with E-state index in [0.29, 0.717) is 11.8 Å². The molecule has 0 aromatic rings.